The van der Waals surface area contributed by atoms with Crippen LogP contribution in [0, 0.1) is 0 Å². The van der Waals surface area contributed by atoms with E-state index in [0.29, 0.717) is 37.9 Å². The Morgan fingerprint density at radius 3 is 2.93 bits per heavy atom. The van der Waals surface area contributed by atoms with Gasteiger partial charge >= 0.3 is 0 Å². The second-order valence-electron chi connectivity index (χ2n) is 5.86. The molecular formula is C19H13Cl2N3O3S. The zero-order valence-corrected chi connectivity index (χ0v) is 16.6. The number of thiazole rings is 1. The smallest absolute Gasteiger partial charge is 0.232 e. The van der Waals surface area contributed by atoms with E-state index in [-0.39, 0.29) is 18.9 Å². The molecule has 4 aromatic rings. The van der Waals surface area contributed by atoms with Crippen molar-refractivity contribution in [3.63, 3.8) is 0 Å². The van der Waals surface area contributed by atoms with Crippen molar-refractivity contribution in [2.45, 2.75) is 13.0 Å². The third-order valence-electron chi connectivity index (χ3n) is 3.85. The molecule has 28 heavy (non-hydrogen) atoms. The van der Waals surface area contributed by atoms with Crippen LogP contribution in [-0.2, 0) is 17.8 Å². The van der Waals surface area contributed by atoms with Crippen LogP contribution >= 0.6 is 34.5 Å². The van der Waals surface area contributed by atoms with Crippen LogP contribution in [0.3, 0.4) is 0 Å². The predicted molar refractivity (Wildman–Crippen MR) is 109 cm³/mol. The standard InChI is InChI=1S/C19H13Cl2N3O3S/c20-11-5-6-17(14(21)7-11)26-9-12-10-28-19(22-12)23-18(25)8-15-13-3-1-2-4-16(13)27-24-15/h1-7,10H,8-9H2,(H,22,23,25). The molecule has 1 N–H and O–H groups in total. The largest absolute Gasteiger partial charge is 0.486 e. The van der Waals surface area contributed by atoms with Crippen LogP contribution in [0.5, 0.6) is 5.75 Å². The lowest BCUT2D eigenvalue weighted by Crippen LogP contribution is -2.14. The lowest BCUT2D eigenvalue weighted by Gasteiger charge is -2.06. The molecule has 0 saturated carbocycles. The zero-order chi connectivity index (χ0) is 19.5. The molecule has 2 aromatic heterocycles. The number of anilines is 1. The number of benzene rings is 2. The highest BCUT2D eigenvalue weighted by Gasteiger charge is 2.14. The number of rotatable bonds is 6. The molecule has 2 heterocycles. The number of hydrogen-bond donors (Lipinski definition) is 1. The molecule has 0 radical (unpaired) electrons. The van der Waals surface area contributed by atoms with E-state index in [2.05, 4.69) is 15.5 Å². The summed E-state index contributed by atoms with van der Waals surface area (Å²) in [6.45, 7) is 0.224. The van der Waals surface area contributed by atoms with E-state index in [1.165, 1.54) is 11.3 Å². The van der Waals surface area contributed by atoms with Gasteiger partial charge in [-0.15, -0.1) is 11.3 Å². The summed E-state index contributed by atoms with van der Waals surface area (Å²) in [7, 11) is 0. The number of halogens is 2. The molecule has 1 amide bonds. The van der Waals surface area contributed by atoms with Crippen molar-refractivity contribution in [1.29, 1.82) is 0 Å². The van der Waals surface area contributed by atoms with Gasteiger partial charge in [0.15, 0.2) is 10.7 Å². The first-order chi connectivity index (χ1) is 13.6. The minimum atomic E-state index is -0.221. The summed E-state index contributed by atoms with van der Waals surface area (Å²) in [6.07, 6.45) is 0.100. The topological polar surface area (TPSA) is 77.3 Å². The van der Waals surface area contributed by atoms with Gasteiger partial charge < -0.3 is 14.6 Å². The summed E-state index contributed by atoms with van der Waals surface area (Å²) in [5.74, 6) is 0.296. The molecule has 0 spiro atoms. The average molecular weight is 434 g/mol. The van der Waals surface area contributed by atoms with Crippen LogP contribution < -0.4 is 10.1 Å². The van der Waals surface area contributed by atoms with E-state index in [1.54, 1.807) is 18.2 Å². The third kappa shape index (κ3) is 4.27. The van der Waals surface area contributed by atoms with Gasteiger partial charge in [0.1, 0.15) is 18.1 Å². The number of carbonyl (C=O) groups excluding carboxylic acids is 1. The van der Waals surface area contributed by atoms with Gasteiger partial charge in [-0.25, -0.2) is 4.98 Å². The molecule has 9 heteroatoms. The summed E-state index contributed by atoms with van der Waals surface area (Å²) in [6, 6.07) is 12.4. The number of para-hydroxylation sites is 1. The van der Waals surface area contributed by atoms with Gasteiger partial charge in [-0.1, -0.05) is 40.5 Å². The predicted octanol–water partition coefficient (Wildman–Crippen LogP) is 5.35. The number of hydrogen-bond acceptors (Lipinski definition) is 6. The van der Waals surface area contributed by atoms with Gasteiger partial charge in [0.05, 0.1) is 17.1 Å². The Kier molecular flexibility index (Phi) is 5.47. The van der Waals surface area contributed by atoms with Crippen molar-refractivity contribution in [2.24, 2.45) is 0 Å². The second kappa shape index (κ2) is 8.18. The molecule has 6 nitrogen and oxygen atoms in total. The fourth-order valence-electron chi connectivity index (χ4n) is 2.56. The molecule has 0 aliphatic rings. The Morgan fingerprint density at radius 1 is 1.21 bits per heavy atom. The van der Waals surface area contributed by atoms with Crippen LogP contribution in [0.1, 0.15) is 11.4 Å². The lowest BCUT2D eigenvalue weighted by atomic mass is 10.2. The number of aromatic nitrogens is 2. The monoisotopic (exact) mass is 433 g/mol. The Bertz CT molecular complexity index is 1140. The summed E-state index contributed by atoms with van der Waals surface area (Å²) >= 11 is 13.3. The molecule has 0 saturated heterocycles. The van der Waals surface area contributed by atoms with E-state index in [4.69, 9.17) is 32.5 Å². The molecule has 0 unspecified atom stereocenters. The molecule has 142 valence electrons. The molecule has 4 rings (SSSR count). The molecule has 0 aliphatic carbocycles. The van der Waals surface area contributed by atoms with Gasteiger partial charge in [-0.3, -0.25) is 4.79 Å². The number of nitrogens with one attached hydrogen (secondary N) is 1. The second-order valence-corrected chi connectivity index (χ2v) is 7.56. The van der Waals surface area contributed by atoms with Gasteiger partial charge in [-0.05, 0) is 30.3 Å². The third-order valence-corrected chi connectivity index (χ3v) is 5.18. The highest BCUT2D eigenvalue weighted by atomic mass is 35.5. The molecule has 2 aromatic carbocycles. The van der Waals surface area contributed by atoms with Crippen molar-refractivity contribution < 1.29 is 14.1 Å². The van der Waals surface area contributed by atoms with Crippen LogP contribution in [0.2, 0.25) is 10.0 Å². The van der Waals surface area contributed by atoms with Crippen molar-refractivity contribution in [1.82, 2.24) is 10.1 Å². The van der Waals surface area contributed by atoms with Crippen LogP contribution in [0.15, 0.2) is 52.4 Å². The minimum Gasteiger partial charge on any atom is -0.486 e. The average Bonchev–Trinajstić information content (AvgIpc) is 3.28. The van der Waals surface area contributed by atoms with Crippen molar-refractivity contribution in [3.05, 3.63) is 69.3 Å². The highest BCUT2D eigenvalue weighted by molar-refractivity contribution is 7.13. The number of ether oxygens (including phenoxy) is 1. The van der Waals surface area contributed by atoms with E-state index in [9.17, 15) is 4.79 Å². The SMILES string of the molecule is O=C(Cc1noc2ccccc12)Nc1nc(COc2ccc(Cl)cc2Cl)cs1. The van der Waals surface area contributed by atoms with Crippen LogP contribution in [-0.4, -0.2) is 16.0 Å². The van der Waals surface area contributed by atoms with E-state index < -0.39 is 0 Å². The first-order valence-electron chi connectivity index (χ1n) is 8.24. The molecule has 0 atom stereocenters. The molecular weight excluding hydrogens is 421 g/mol. The normalized spacial score (nSPS) is 10.9. The fourth-order valence-corrected chi connectivity index (χ4v) is 3.73. The molecule has 0 aliphatic heterocycles. The van der Waals surface area contributed by atoms with Crippen molar-refractivity contribution in [2.75, 3.05) is 5.32 Å². The fraction of sp³-hybridized carbons (Fsp3) is 0.105. The Morgan fingerprint density at radius 2 is 2.07 bits per heavy atom. The molecule has 0 bridgehead atoms. The van der Waals surface area contributed by atoms with Gasteiger partial charge in [0.2, 0.25) is 5.91 Å². The lowest BCUT2D eigenvalue weighted by molar-refractivity contribution is -0.115. The van der Waals surface area contributed by atoms with Crippen molar-refractivity contribution in [3.8, 4) is 5.75 Å². The number of nitrogens with zero attached hydrogens (tertiary/aromatic N) is 2. The maximum absolute atomic E-state index is 12.3. The minimum absolute atomic E-state index is 0.100. The Labute approximate surface area is 174 Å². The Hall–Kier alpha value is -2.61. The summed E-state index contributed by atoms with van der Waals surface area (Å²) in [4.78, 5) is 16.7. The van der Waals surface area contributed by atoms with Crippen LogP contribution in [0.4, 0.5) is 5.13 Å². The summed E-state index contributed by atoms with van der Waals surface area (Å²) in [5.41, 5.74) is 1.92. The Balaban J connectivity index is 1.35. The van der Waals surface area contributed by atoms with E-state index >= 15 is 0 Å². The first-order valence-corrected chi connectivity index (χ1v) is 9.87. The first kappa shape index (κ1) is 18.7. The summed E-state index contributed by atoms with van der Waals surface area (Å²) in [5, 5.41) is 10.8. The highest BCUT2D eigenvalue weighted by Crippen LogP contribution is 2.28. The van der Waals surface area contributed by atoms with E-state index in [1.807, 2.05) is 29.6 Å². The van der Waals surface area contributed by atoms with Crippen molar-refractivity contribution >= 4 is 56.5 Å². The van der Waals surface area contributed by atoms with Gasteiger partial charge in [0, 0.05) is 15.8 Å². The quantitative estimate of drug-likeness (QED) is 0.443. The summed E-state index contributed by atoms with van der Waals surface area (Å²) < 4.78 is 10.9. The van der Waals surface area contributed by atoms with Gasteiger partial charge in [0.25, 0.3) is 0 Å². The number of fused-ring (bicyclic) bond motifs is 1. The maximum Gasteiger partial charge on any atom is 0.232 e. The molecule has 0 fully saturated rings. The zero-order valence-electron chi connectivity index (χ0n) is 14.3. The van der Waals surface area contributed by atoms with E-state index in [0.717, 1.165) is 5.39 Å². The van der Waals surface area contributed by atoms with Crippen LogP contribution in [0.25, 0.3) is 11.0 Å². The number of carbonyl (C=O) groups is 1. The number of amides is 1. The maximum atomic E-state index is 12.3. The van der Waals surface area contributed by atoms with Gasteiger partial charge in [-0.2, -0.15) is 0 Å².